The Morgan fingerprint density at radius 1 is 1.00 bits per heavy atom. The minimum Gasteiger partial charge on any atom is -0.496 e. The van der Waals surface area contributed by atoms with Gasteiger partial charge in [0, 0.05) is 5.56 Å². The predicted molar refractivity (Wildman–Crippen MR) is 75.5 cm³/mol. The Morgan fingerprint density at radius 2 is 1.62 bits per heavy atom. The molecule has 0 saturated heterocycles. The van der Waals surface area contributed by atoms with Crippen molar-refractivity contribution in [2.24, 2.45) is 0 Å². The van der Waals surface area contributed by atoms with Gasteiger partial charge in [0.15, 0.2) is 6.61 Å². The van der Waals surface area contributed by atoms with Crippen molar-refractivity contribution in [3.63, 3.8) is 0 Å². The molecule has 0 aliphatic rings. The molecule has 6 nitrogen and oxygen atoms in total. The Kier molecular flexibility index (Phi) is 7.08. The molecule has 1 aromatic rings. The van der Waals surface area contributed by atoms with Gasteiger partial charge in [0.1, 0.15) is 11.5 Å². The number of benzene rings is 1. The summed E-state index contributed by atoms with van der Waals surface area (Å²) >= 11 is 0. The highest BCUT2D eigenvalue weighted by atomic mass is 16.6. The molecule has 0 bridgehead atoms. The maximum atomic E-state index is 11.6. The number of carbonyl (C=O) groups excluding carboxylic acids is 2. The SMILES string of the molecule is CCOC(=O)COc1cccc(OC)c1CC(=O)OCC. The molecule has 0 saturated carbocycles. The summed E-state index contributed by atoms with van der Waals surface area (Å²) in [7, 11) is 1.50. The minimum atomic E-state index is -0.470. The van der Waals surface area contributed by atoms with Crippen molar-refractivity contribution < 1.29 is 28.5 Å². The fraction of sp³-hybridized carbons (Fsp3) is 0.467. The van der Waals surface area contributed by atoms with Crippen molar-refractivity contribution in [1.82, 2.24) is 0 Å². The molecule has 0 fully saturated rings. The first kappa shape index (κ1) is 16.8. The largest absolute Gasteiger partial charge is 0.496 e. The highest BCUT2D eigenvalue weighted by Gasteiger charge is 2.16. The van der Waals surface area contributed by atoms with E-state index in [4.69, 9.17) is 18.9 Å². The van der Waals surface area contributed by atoms with Crippen molar-refractivity contribution in [2.75, 3.05) is 26.9 Å². The van der Waals surface area contributed by atoms with Crippen molar-refractivity contribution >= 4 is 11.9 Å². The van der Waals surface area contributed by atoms with Gasteiger partial charge in [-0.3, -0.25) is 4.79 Å². The lowest BCUT2D eigenvalue weighted by atomic mass is 10.1. The lowest BCUT2D eigenvalue weighted by Gasteiger charge is -2.14. The average molecular weight is 296 g/mol. The van der Waals surface area contributed by atoms with Crippen molar-refractivity contribution in [2.45, 2.75) is 20.3 Å². The zero-order valence-electron chi connectivity index (χ0n) is 12.5. The number of esters is 2. The molecule has 0 N–H and O–H groups in total. The van der Waals surface area contributed by atoms with E-state index >= 15 is 0 Å². The molecule has 0 radical (unpaired) electrons. The smallest absolute Gasteiger partial charge is 0.344 e. The zero-order valence-corrected chi connectivity index (χ0v) is 12.5. The van der Waals surface area contributed by atoms with Gasteiger partial charge in [0.2, 0.25) is 0 Å². The number of carbonyl (C=O) groups is 2. The standard InChI is InChI=1S/C15H20O6/c1-4-19-14(16)9-11-12(18-3)7-6-8-13(11)21-10-15(17)20-5-2/h6-8H,4-5,9-10H2,1-3H3. The summed E-state index contributed by atoms with van der Waals surface area (Å²) in [5.74, 6) is 0.0465. The maximum Gasteiger partial charge on any atom is 0.344 e. The number of rotatable bonds is 8. The molecule has 0 aromatic heterocycles. The molecule has 1 rings (SSSR count). The molecule has 0 atom stereocenters. The summed E-state index contributed by atoms with van der Waals surface area (Å²) in [5.41, 5.74) is 0.544. The summed E-state index contributed by atoms with van der Waals surface area (Å²) in [6.45, 7) is 3.81. The van der Waals surface area contributed by atoms with Gasteiger partial charge in [-0.2, -0.15) is 0 Å². The van der Waals surface area contributed by atoms with Crippen molar-refractivity contribution in [3.8, 4) is 11.5 Å². The van der Waals surface area contributed by atoms with Gasteiger partial charge < -0.3 is 18.9 Å². The van der Waals surface area contributed by atoms with Crippen LogP contribution in [0.15, 0.2) is 18.2 Å². The van der Waals surface area contributed by atoms with E-state index < -0.39 is 5.97 Å². The highest BCUT2D eigenvalue weighted by molar-refractivity contribution is 5.75. The third-order valence-corrected chi connectivity index (χ3v) is 2.59. The summed E-state index contributed by atoms with van der Waals surface area (Å²) in [5, 5.41) is 0. The third kappa shape index (κ3) is 5.33. The molecule has 21 heavy (non-hydrogen) atoms. The second-order valence-electron chi connectivity index (χ2n) is 4.01. The number of methoxy groups -OCH3 is 1. The fourth-order valence-electron chi connectivity index (χ4n) is 1.74. The van der Waals surface area contributed by atoms with Gasteiger partial charge in [-0.1, -0.05) is 6.07 Å². The molecule has 0 unspecified atom stereocenters. The van der Waals surface area contributed by atoms with Crippen LogP contribution in [0.3, 0.4) is 0 Å². The molecule has 0 spiro atoms. The zero-order chi connectivity index (χ0) is 15.7. The van der Waals surface area contributed by atoms with Gasteiger partial charge in [0.25, 0.3) is 0 Å². The molecule has 0 aliphatic carbocycles. The normalized spacial score (nSPS) is 9.86. The Hall–Kier alpha value is -2.24. The van der Waals surface area contributed by atoms with Crippen LogP contribution in [0.2, 0.25) is 0 Å². The Balaban J connectivity index is 2.86. The predicted octanol–water partition coefficient (Wildman–Crippen LogP) is 1.74. The van der Waals surface area contributed by atoms with Gasteiger partial charge in [0.05, 0.1) is 26.7 Å². The first-order chi connectivity index (χ1) is 10.1. The van der Waals surface area contributed by atoms with E-state index in [0.29, 0.717) is 23.7 Å². The minimum absolute atomic E-state index is 0.00993. The Labute approximate surface area is 123 Å². The summed E-state index contributed by atoms with van der Waals surface area (Å²) in [6, 6.07) is 5.09. The van der Waals surface area contributed by atoms with Crippen LogP contribution in [-0.2, 0) is 25.5 Å². The second kappa shape index (κ2) is 8.84. The van der Waals surface area contributed by atoms with Gasteiger partial charge >= 0.3 is 11.9 Å². The van der Waals surface area contributed by atoms with E-state index in [-0.39, 0.29) is 25.6 Å². The summed E-state index contributed by atoms with van der Waals surface area (Å²) in [6.07, 6.45) is 0.00993. The number of hydrogen-bond acceptors (Lipinski definition) is 6. The second-order valence-corrected chi connectivity index (χ2v) is 4.01. The van der Waals surface area contributed by atoms with Gasteiger partial charge in [-0.15, -0.1) is 0 Å². The summed E-state index contributed by atoms with van der Waals surface area (Å²) < 4.78 is 20.3. The van der Waals surface area contributed by atoms with Crippen LogP contribution >= 0.6 is 0 Å². The third-order valence-electron chi connectivity index (χ3n) is 2.59. The molecule has 6 heteroatoms. The van der Waals surface area contributed by atoms with Crippen LogP contribution < -0.4 is 9.47 Å². The van der Waals surface area contributed by atoms with E-state index in [1.54, 1.807) is 32.0 Å². The topological polar surface area (TPSA) is 71.1 Å². The van der Waals surface area contributed by atoms with Crippen LogP contribution in [0, 0.1) is 0 Å². The quantitative estimate of drug-likeness (QED) is 0.681. The summed E-state index contributed by atoms with van der Waals surface area (Å²) in [4.78, 5) is 23.0. The van der Waals surface area contributed by atoms with E-state index in [2.05, 4.69) is 0 Å². The number of ether oxygens (including phenoxy) is 4. The molecule has 0 aliphatic heterocycles. The Morgan fingerprint density at radius 3 is 2.24 bits per heavy atom. The lowest BCUT2D eigenvalue weighted by Crippen LogP contribution is -2.16. The Bertz CT molecular complexity index is 483. The van der Waals surface area contributed by atoms with Gasteiger partial charge in [-0.05, 0) is 26.0 Å². The van der Waals surface area contributed by atoms with Crippen LogP contribution in [0.5, 0.6) is 11.5 Å². The molecule has 1 aromatic carbocycles. The molecular weight excluding hydrogens is 276 g/mol. The van der Waals surface area contributed by atoms with Crippen LogP contribution in [-0.4, -0.2) is 38.9 Å². The molecule has 0 amide bonds. The van der Waals surface area contributed by atoms with E-state index in [1.807, 2.05) is 0 Å². The fourth-order valence-corrected chi connectivity index (χ4v) is 1.74. The van der Waals surface area contributed by atoms with E-state index in [0.717, 1.165) is 0 Å². The van der Waals surface area contributed by atoms with E-state index in [1.165, 1.54) is 7.11 Å². The van der Waals surface area contributed by atoms with E-state index in [9.17, 15) is 9.59 Å². The van der Waals surface area contributed by atoms with Crippen molar-refractivity contribution in [1.29, 1.82) is 0 Å². The van der Waals surface area contributed by atoms with Crippen LogP contribution in [0.25, 0.3) is 0 Å². The first-order valence-electron chi connectivity index (χ1n) is 6.72. The monoisotopic (exact) mass is 296 g/mol. The van der Waals surface area contributed by atoms with Crippen LogP contribution in [0.4, 0.5) is 0 Å². The van der Waals surface area contributed by atoms with Crippen molar-refractivity contribution in [3.05, 3.63) is 23.8 Å². The molecule has 0 heterocycles. The average Bonchev–Trinajstić information content (AvgIpc) is 2.46. The maximum absolute atomic E-state index is 11.6. The first-order valence-corrected chi connectivity index (χ1v) is 6.72. The number of hydrogen-bond donors (Lipinski definition) is 0. The highest BCUT2D eigenvalue weighted by Crippen LogP contribution is 2.29. The molecule has 116 valence electrons. The molecular formula is C15H20O6. The van der Waals surface area contributed by atoms with Crippen LogP contribution in [0.1, 0.15) is 19.4 Å². The van der Waals surface area contributed by atoms with Gasteiger partial charge in [-0.25, -0.2) is 4.79 Å². The lowest BCUT2D eigenvalue weighted by molar-refractivity contribution is -0.145.